The minimum Gasteiger partial charge on any atom is -0.317 e. The van der Waals surface area contributed by atoms with Crippen LogP contribution in [0.25, 0.3) is 0 Å². The Morgan fingerprint density at radius 2 is 2.00 bits per heavy atom. The topological polar surface area (TPSA) is 12.0 Å². The number of benzene rings is 1. The van der Waals surface area contributed by atoms with Crippen LogP contribution in [0.5, 0.6) is 0 Å². The molecule has 1 N–H and O–H groups in total. The summed E-state index contributed by atoms with van der Waals surface area (Å²) in [7, 11) is 2.03. The van der Waals surface area contributed by atoms with E-state index in [1.807, 2.05) is 25.2 Å². The largest absolute Gasteiger partial charge is 0.317 e. The maximum atomic E-state index is 6.13. The molecule has 1 aromatic carbocycles. The maximum Gasteiger partial charge on any atom is 0.0439 e. The SMILES string of the molecule is CCCC(CCCc1cc(Cl)ccc1Cl)NC. The van der Waals surface area contributed by atoms with Crippen LogP contribution >= 0.6 is 23.2 Å². The Morgan fingerprint density at radius 3 is 2.65 bits per heavy atom. The van der Waals surface area contributed by atoms with Gasteiger partial charge in [0, 0.05) is 16.1 Å². The van der Waals surface area contributed by atoms with E-state index in [1.54, 1.807) is 0 Å². The first-order chi connectivity index (χ1) is 8.17. The van der Waals surface area contributed by atoms with E-state index in [2.05, 4.69) is 12.2 Å². The highest BCUT2D eigenvalue weighted by Crippen LogP contribution is 2.22. The van der Waals surface area contributed by atoms with Crippen molar-refractivity contribution in [3.8, 4) is 0 Å². The lowest BCUT2D eigenvalue weighted by molar-refractivity contribution is 0.470. The quantitative estimate of drug-likeness (QED) is 0.759. The number of rotatable bonds is 7. The predicted molar refractivity (Wildman–Crippen MR) is 77.2 cm³/mol. The smallest absolute Gasteiger partial charge is 0.0439 e. The summed E-state index contributed by atoms with van der Waals surface area (Å²) in [5, 5.41) is 4.95. The highest BCUT2D eigenvalue weighted by molar-refractivity contribution is 6.33. The Hall–Kier alpha value is -0.240. The molecule has 0 spiro atoms. The van der Waals surface area contributed by atoms with E-state index < -0.39 is 0 Å². The molecule has 0 saturated carbocycles. The van der Waals surface area contributed by atoms with Crippen LogP contribution in [0, 0.1) is 0 Å². The van der Waals surface area contributed by atoms with Crippen LogP contribution in [0.3, 0.4) is 0 Å². The van der Waals surface area contributed by atoms with Crippen molar-refractivity contribution < 1.29 is 0 Å². The first-order valence-corrected chi connectivity index (χ1v) is 7.04. The van der Waals surface area contributed by atoms with Gasteiger partial charge in [-0.15, -0.1) is 0 Å². The fraction of sp³-hybridized carbons (Fsp3) is 0.571. The molecule has 96 valence electrons. The van der Waals surface area contributed by atoms with Gasteiger partial charge in [-0.05, 0) is 56.5 Å². The van der Waals surface area contributed by atoms with Gasteiger partial charge in [0.15, 0.2) is 0 Å². The van der Waals surface area contributed by atoms with Crippen LogP contribution < -0.4 is 5.32 Å². The van der Waals surface area contributed by atoms with E-state index in [4.69, 9.17) is 23.2 Å². The Morgan fingerprint density at radius 1 is 1.24 bits per heavy atom. The van der Waals surface area contributed by atoms with Crippen molar-refractivity contribution in [3.05, 3.63) is 33.8 Å². The molecule has 0 bridgehead atoms. The highest BCUT2D eigenvalue weighted by Gasteiger charge is 2.06. The Bertz CT molecular complexity index is 339. The molecule has 1 unspecified atom stereocenters. The fourth-order valence-corrected chi connectivity index (χ4v) is 2.46. The van der Waals surface area contributed by atoms with Crippen molar-refractivity contribution in [1.82, 2.24) is 5.32 Å². The molecule has 0 saturated heterocycles. The molecular weight excluding hydrogens is 253 g/mol. The summed E-state index contributed by atoms with van der Waals surface area (Å²) >= 11 is 12.1. The highest BCUT2D eigenvalue weighted by atomic mass is 35.5. The van der Waals surface area contributed by atoms with Crippen LogP contribution in [-0.4, -0.2) is 13.1 Å². The number of aryl methyl sites for hydroxylation is 1. The number of hydrogen-bond acceptors (Lipinski definition) is 1. The second-order valence-corrected chi connectivity index (χ2v) is 5.25. The van der Waals surface area contributed by atoms with E-state index in [9.17, 15) is 0 Å². The van der Waals surface area contributed by atoms with E-state index in [0.29, 0.717) is 6.04 Å². The Labute approximate surface area is 115 Å². The molecule has 1 aromatic rings. The third-order valence-corrected chi connectivity index (χ3v) is 3.66. The molecule has 3 heteroatoms. The lowest BCUT2D eigenvalue weighted by Crippen LogP contribution is -2.24. The zero-order valence-electron chi connectivity index (χ0n) is 10.6. The van der Waals surface area contributed by atoms with Crippen LogP contribution in [-0.2, 0) is 6.42 Å². The lowest BCUT2D eigenvalue weighted by Gasteiger charge is -2.15. The summed E-state index contributed by atoms with van der Waals surface area (Å²) in [6.45, 7) is 2.22. The number of nitrogens with one attached hydrogen (secondary N) is 1. The van der Waals surface area contributed by atoms with Gasteiger partial charge in [0.2, 0.25) is 0 Å². The molecule has 1 nitrogen and oxygen atoms in total. The van der Waals surface area contributed by atoms with Crippen molar-refractivity contribution in [1.29, 1.82) is 0 Å². The Kier molecular flexibility index (Phi) is 6.94. The molecule has 1 rings (SSSR count). The molecule has 0 aliphatic rings. The molecule has 0 aliphatic heterocycles. The molecule has 1 atom stereocenters. The second-order valence-electron chi connectivity index (χ2n) is 4.40. The molecule has 17 heavy (non-hydrogen) atoms. The summed E-state index contributed by atoms with van der Waals surface area (Å²) in [5.41, 5.74) is 1.16. The Balaban J connectivity index is 2.42. The van der Waals surface area contributed by atoms with Crippen molar-refractivity contribution >= 4 is 23.2 Å². The summed E-state index contributed by atoms with van der Waals surface area (Å²) in [6.07, 6.45) is 5.79. The fourth-order valence-electron chi connectivity index (χ4n) is 2.06. The van der Waals surface area contributed by atoms with Crippen LogP contribution in [0.2, 0.25) is 10.0 Å². The lowest BCUT2D eigenvalue weighted by atomic mass is 10.0. The summed E-state index contributed by atoms with van der Waals surface area (Å²) in [4.78, 5) is 0. The van der Waals surface area contributed by atoms with Gasteiger partial charge >= 0.3 is 0 Å². The second kappa shape index (κ2) is 7.97. The van der Waals surface area contributed by atoms with Crippen LogP contribution in [0.15, 0.2) is 18.2 Å². The zero-order chi connectivity index (χ0) is 12.7. The average molecular weight is 274 g/mol. The first kappa shape index (κ1) is 14.8. The minimum absolute atomic E-state index is 0.623. The van der Waals surface area contributed by atoms with Gasteiger partial charge < -0.3 is 5.32 Å². The molecule has 0 aliphatic carbocycles. The molecule has 0 aromatic heterocycles. The third-order valence-electron chi connectivity index (χ3n) is 3.05. The molecule has 0 heterocycles. The zero-order valence-corrected chi connectivity index (χ0v) is 12.1. The summed E-state index contributed by atoms with van der Waals surface area (Å²) in [6, 6.07) is 6.30. The van der Waals surface area contributed by atoms with Gasteiger partial charge in [-0.1, -0.05) is 36.5 Å². The predicted octanol–water partition coefficient (Wildman–Crippen LogP) is 4.70. The molecule has 0 radical (unpaired) electrons. The molecular formula is C14H21Cl2N. The van der Waals surface area contributed by atoms with E-state index in [-0.39, 0.29) is 0 Å². The number of halogens is 2. The van der Waals surface area contributed by atoms with Gasteiger partial charge in [-0.3, -0.25) is 0 Å². The van der Waals surface area contributed by atoms with Gasteiger partial charge in [0.1, 0.15) is 0 Å². The van der Waals surface area contributed by atoms with Gasteiger partial charge in [-0.2, -0.15) is 0 Å². The van der Waals surface area contributed by atoms with Crippen molar-refractivity contribution in [3.63, 3.8) is 0 Å². The van der Waals surface area contributed by atoms with Crippen molar-refractivity contribution in [2.45, 2.75) is 45.1 Å². The van der Waals surface area contributed by atoms with Gasteiger partial charge in [0.05, 0.1) is 0 Å². The third kappa shape index (κ3) is 5.29. The van der Waals surface area contributed by atoms with E-state index >= 15 is 0 Å². The van der Waals surface area contributed by atoms with Crippen LogP contribution in [0.4, 0.5) is 0 Å². The summed E-state index contributed by atoms with van der Waals surface area (Å²) in [5.74, 6) is 0. The summed E-state index contributed by atoms with van der Waals surface area (Å²) < 4.78 is 0. The van der Waals surface area contributed by atoms with E-state index in [1.165, 1.54) is 19.3 Å². The van der Waals surface area contributed by atoms with E-state index in [0.717, 1.165) is 28.5 Å². The van der Waals surface area contributed by atoms with Crippen molar-refractivity contribution in [2.75, 3.05) is 7.05 Å². The number of hydrogen-bond donors (Lipinski definition) is 1. The normalized spacial score (nSPS) is 12.7. The minimum atomic E-state index is 0.623. The van der Waals surface area contributed by atoms with Gasteiger partial charge in [0.25, 0.3) is 0 Å². The average Bonchev–Trinajstić information content (AvgIpc) is 2.32. The molecule has 0 fully saturated rings. The standard InChI is InChI=1S/C14H21Cl2N/c1-3-5-13(17-2)7-4-6-11-10-12(15)8-9-14(11)16/h8-10,13,17H,3-7H2,1-2H3. The first-order valence-electron chi connectivity index (χ1n) is 6.28. The van der Waals surface area contributed by atoms with Gasteiger partial charge in [-0.25, -0.2) is 0 Å². The van der Waals surface area contributed by atoms with Crippen molar-refractivity contribution in [2.24, 2.45) is 0 Å². The maximum absolute atomic E-state index is 6.13. The monoisotopic (exact) mass is 273 g/mol. The van der Waals surface area contributed by atoms with Crippen LogP contribution in [0.1, 0.15) is 38.2 Å². The molecule has 0 amide bonds.